The van der Waals surface area contributed by atoms with E-state index in [0.717, 1.165) is 36.8 Å². The molecule has 2 aromatic rings. The van der Waals surface area contributed by atoms with Gasteiger partial charge >= 0.3 is 0 Å². The van der Waals surface area contributed by atoms with E-state index in [1.807, 2.05) is 18.2 Å². The Morgan fingerprint density at radius 2 is 2.00 bits per heavy atom. The van der Waals surface area contributed by atoms with Gasteiger partial charge in [0, 0.05) is 17.6 Å². The van der Waals surface area contributed by atoms with Gasteiger partial charge in [-0.25, -0.2) is 0 Å². The fourth-order valence-electron chi connectivity index (χ4n) is 3.56. The van der Waals surface area contributed by atoms with Crippen molar-refractivity contribution in [2.45, 2.75) is 43.7 Å². The Kier molecular flexibility index (Phi) is 5.77. The van der Waals surface area contributed by atoms with Crippen LogP contribution in [-0.4, -0.2) is 17.7 Å². The number of aliphatic hydroxyl groups is 1. The van der Waals surface area contributed by atoms with Gasteiger partial charge in [-0.1, -0.05) is 42.3 Å². The molecule has 2 aromatic carbocycles. The van der Waals surface area contributed by atoms with Gasteiger partial charge in [-0.15, -0.1) is 0 Å². The van der Waals surface area contributed by atoms with E-state index in [0.29, 0.717) is 23.5 Å². The zero-order valence-electron chi connectivity index (χ0n) is 13.6. The van der Waals surface area contributed by atoms with Crippen LogP contribution in [0.5, 0.6) is 5.75 Å². The first-order valence-electron chi connectivity index (χ1n) is 8.55. The summed E-state index contributed by atoms with van der Waals surface area (Å²) in [5, 5.41) is 26.0. The summed E-state index contributed by atoms with van der Waals surface area (Å²) in [6, 6.07) is 15.0. The van der Waals surface area contributed by atoms with Crippen LogP contribution >= 0.6 is 11.6 Å². The van der Waals surface area contributed by atoms with Crippen LogP contribution in [-0.2, 0) is 5.11 Å². The molecule has 0 saturated heterocycles. The predicted octanol–water partition coefficient (Wildman–Crippen LogP) is 4.83. The molecule has 2 N–H and O–H groups in total. The Labute approximate surface area is 148 Å². The molecular weight excluding hydrogens is 322 g/mol. The quantitative estimate of drug-likeness (QED) is 0.815. The molecule has 0 heterocycles. The molecule has 127 valence electrons. The second-order valence-corrected chi connectivity index (χ2v) is 7.05. The van der Waals surface area contributed by atoms with Crippen molar-refractivity contribution < 1.29 is 10.2 Å². The summed E-state index contributed by atoms with van der Waals surface area (Å²) in [6.07, 6.45) is 3.81. The molecule has 0 amide bonds. The molecule has 0 bridgehead atoms. The molecule has 0 aromatic heterocycles. The highest BCUT2D eigenvalue weighted by Crippen LogP contribution is 2.34. The lowest BCUT2D eigenvalue weighted by atomic mass is 9.81. The van der Waals surface area contributed by atoms with E-state index in [2.05, 4.69) is 11.4 Å². The molecule has 24 heavy (non-hydrogen) atoms. The molecule has 3 atom stereocenters. The second-order valence-electron chi connectivity index (χ2n) is 6.61. The zero-order chi connectivity index (χ0) is 16.9. The smallest absolute Gasteiger partial charge is 0.178 e. The van der Waals surface area contributed by atoms with Crippen LogP contribution in [0.3, 0.4) is 0 Å². The normalized spacial score (nSPS) is 22.2. The van der Waals surface area contributed by atoms with Crippen LogP contribution in [0, 0.1) is 0 Å². The standard InChI is InChI=1S/C20H23ClNO2/c21-17-7-1-6-16(10-17)20(24)13-22-18-8-2-4-14(11-18)15-5-3-9-19(23)12-15/h1,3,5-7,9-10,12,14,18,20,22,24H,2,4,8,11,13H2/t14-,18-,20+/m1/s1. The SMILES string of the molecule is [O]c1cccc([C@@H]2CCC[C@@H](NC[C@H](O)c3cccc(Cl)c3)C2)c1. The topological polar surface area (TPSA) is 52.2 Å². The number of aliphatic hydroxyl groups excluding tert-OH is 1. The molecule has 1 aliphatic carbocycles. The Bertz CT molecular complexity index is 676. The van der Waals surface area contributed by atoms with Gasteiger partial charge in [-0.05, 0) is 60.6 Å². The lowest BCUT2D eigenvalue weighted by Crippen LogP contribution is -2.36. The molecule has 0 unspecified atom stereocenters. The van der Waals surface area contributed by atoms with Crippen molar-refractivity contribution in [3.8, 4) is 5.75 Å². The summed E-state index contributed by atoms with van der Waals surface area (Å²) in [6.45, 7) is 0.513. The third-order valence-corrected chi connectivity index (χ3v) is 5.07. The minimum Gasteiger partial charge on any atom is -0.387 e. The molecule has 4 heteroatoms. The van der Waals surface area contributed by atoms with Gasteiger partial charge in [0.25, 0.3) is 0 Å². The maximum absolute atomic E-state index is 11.6. The predicted molar refractivity (Wildman–Crippen MR) is 96.0 cm³/mol. The third kappa shape index (κ3) is 4.50. The Morgan fingerprint density at radius 1 is 1.17 bits per heavy atom. The number of nitrogens with one attached hydrogen (secondary N) is 1. The van der Waals surface area contributed by atoms with Crippen molar-refractivity contribution in [1.82, 2.24) is 5.32 Å². The Hall–Kier alpha value is -1.55. The van der Waals surface area contributed by atoms with Crippen LogP contribution in [0.25, 0.3) is 0 Å². The van der Waals surface area contributed by atoms with Gasteiger partial charge < -0.3 is 10.4 Å². The first-order chi connectivity index (χ1) is 11.6. The first-order valence-corrected chi connectivity index (χ1v) is 8.93. The molecular formula is C20H23ClNO2. The van der Waals surface area contributed by atoms with Gasteiger partial charge in [0.2, 0.25) is 0 Å². The van der Waals surface area contributed by atoms with Crippen LogP contribution < -0.4 is 5.32 Å². The van der Waals surface area contributed by atoms with E-state index < -0.39 is 6.10 Å². The lowest BCUT2D eigenvalue weighted by Gasteiger charge is -2.31. The Balaban J connectivity index is 1.56. The number of hydrogen-bond acceptors (Lipinski definition) is 2. The fourth-order valence-corrected chi connectivity index (χ4v) is 3.76. The number of benzene rings is 2. The van der Waals surface area contributed by atoms with Crippen molar-refractivity contribution in [3.05, 3.63) is 64.7 Å². The van der Waals surface area contributed by atoms with Gasteiger partial charge in [-0.3, -0.25) is 5.11 Å². The molecule has 1 radical (unpaired) electrons. The van der Waals surface area contributed by atoms with Gasteiger partial charge in [-0.2, -0.15) is 0 Å². The highest BCUT2D eigenvalue weighted by atomic mass is 35.5. The van der Waals surface area contributed by atoms with Gasteiger partial charge in [0.15, 0.2) is 5.75 Å². The maximum atomic E-state index is 11.6. The molecule has 3 nitrogen and oxygen atoms in total. The van der Waals surface area contributed by atoms with Crippen molar-refractivity contribution in [1.29, 1.82) is 0 Å². The minimum absolute atomic E-state index is 0.0824. The summed E-state index contributed by atoms with van der Waals surface area (Å²) >= 11 is 5.98. The van der Waals surface area contributed by atoms with Gasteiger partial charge in [0.1, 0.15) is 0 Å². The average Bonchev–Trinajstić information content (AvgIpc) is 2.60. The van der Waals surface area contributed by atoms with Crippen LogP contribution in [0.1, 0.15) is 48.8 Å². The summed E-state index contributed by atoms with van der Waals surface area (Å²) in [5.74, 6) is 0.507. The number of halogens is 1. The van der Waals surface area contributed by atoms with Crippen LogP contribution in [0.15, 0.2) is 48.5 Å². The number of rotatable bonds is 5. The van der Waals surface area contributed by atoms with E-state index in [-0.39, 0.29) is 5.75 Å². The molecule has 1 saturated carbocycles. The highest BCUT2D eigenvalue weighted by molar-refractivity contribution is 6.30. The van der Waals surface area contributed by atoms with E-state index in [1.165, 1.54) is 0 Å². The lowest BCUT2D eigenvalue weighted by molar-refractivity contribution is 0.164. The van der Waals surface area contributed by atoms with Crippen LogP contribution in [0.4, 0.5) is 0 Å². The van der Waals surface area contributed by atoms with Gasteiger partial charge in [0.05, 0.1) is 6.10 Å². The van der Waals surface area contributed by atoms with E-state index >= 15 is 0 Å². The summed E-state index contributed by atoms with van der Waals surface area (Å²) in [7, 11) is 0. The third-order valence-electron chi connectivity index (χ3n) is 4.84. The second kappa shape index (κ2) is 8.02. The van der Waals surface area contributed by atoms with Crippen molar-refractivity contribution in [2.75, 3.05) is 6.54 Å². The van der Waals surface area contributed by atoms with E-state index in [1.54, 1.807) is 24.3 Å². The largest absolute Gasteiger partial charge is 0.387 e. The fraction of sp³-hybridized carbons (Fsp3) is 0.400. The van der Waals surface area contributed by atoms with Crippen molar-refractivity contribution in [3.63, 3.8) is 0 Å². The first kappa shape index (κ1) is 17.3. The van der Waals surface area contributed by atoms with E-state index in [9.17, 15) is 10.2 Å². The Morgan fingerprint density at radius 3 is 2.79 bits per heavy atom. The summed E-state index contributed by atoms with van der Waals surface area (Å²) in [4.78, 5) is 0. The van der Waals surface area contributed by atoms with Crippen molar-refractivity contribution >= 4 is 11.6 Å². The molecule has 0 aliphatic heterocycles. The summed E-state index contributed by atoms with van der Waals surface area (Å²) in [5.41, 5.74) is 1.98. The molecule has 1 fully saturated rings. The number of hydrogen-bond donors (Lipinski definition) is 2. The molecule has 3 rings (SSSR count). The van der Waals surface area contributed by atoms with E-state index in [4.69, 9.17) is 11.6 Å². The van der Waals surface area contributed by atoms with Crippen molar-refractivity contribution in [2.24, 2.45) is 0 Å². The highest BCUT2D eigenvalue weighted by Gasteiger charge is 2.24. The average molecular weight is 345 g/mol. The monoisotopic (exact) mass is 344 g/mol. The maximum Gasteiger partial charge on any atom is 0.178 e. The molecule has 1 aliphatic rings. The summed E-state index contributed by atoms with van der Waals surface area (Å²) < 4.78 is 0. The minimum atomic E-state index is -0.561. The zero-order valence-corrected chi connectivity index (χ0v) is 14.4. The molecule has 0 spiro atoms. The van der Waals surface area contributed by atoms with Crippen LogP contribution in [0.2, 0.25) is 5.02 Å².